The van der Waals surface area contributed by atoms with Crippen LogP contribution in [0, 0.1) is 11.5 Å². The summed E-state index contributed by atoms with van der Waals surface area (Å²) in [7, 11) is 0. The Morgan fingerprint density at radius 1 is 0.679 bits per heavy atom. The van der Waals surface area contributed by atoms with Gasteiger partial charge in [0.25, 0.3) is 6.26 Å². The van der Waals surface area contributed by atoms with Crippen LogP contribution < -0.4 is 36.6 Å². The van der Waals surface area contributed by atoms with E-state index < -0.39 is 36.1 Å². The van der Waals surface area contributed by atoms with Gasteiger partial charge in [0, 0.05) is 41.9 Å². The smallest absolute Gasteiger partial charge is 0.411 e. The summed E-state index contributed by atoms with van der Waals surface area (Å²) >= 11 is 0. The first-order valence-corrected chi connectivity index (χ1v) is 17.0. The number of ether oxygens (including phenoxy) is 3. The first kappa shape index (κ1) is 39.3. The Morgan fingerprint density at radius 3 is 1.71 bits per heavy atom. The van der Waals surface area contributed by atoms with E-state index in [-0.39, 0.29) is 32.1 Å². The number of hydrogen-bond donors (Lipinski definition) is 7. The molecule has 1 atom stereocenters. The molecule has 18 nitrogen and oxygen atoms in total. The summed E-state index contributed by atoms with van der Waals surface area (Å²) in [5.41, 5.74) is 4.04. The number of nitrogens with one attached hydrogen (secondary N) is 6. The molecule has 0 radical (unpaired) electrons. The molecule has 0 spiro atoms. The lowest BCUT2D eigenvalue weighted by Gasteiger charge is -2.12. The molecule has 0 heterocycles. The van der Waals surface area contributed by atoms with Crippen molar-refractivity contribution in [1.29, 1.82) is 5.26 Å². The van der Waals surface area contributed by atoms with Gasteiger partial charge in [-0.2, -0.15) is 4.99 Å². The number of isocyanates is 1. The van der Waals surface area contributed by atoms with Crippen molar-refractivity contribution in [2.24, 2.45) is 4.99 Å². The fraction of sp³-hybridized carbons (Fsp3) is 0.184. The second kappa shape index (κ2) is 19.3. The van der Waals surface area contributed by atoms with Gasteiger partial charge < -0.3 is 40.6 Å². The number of anilines is 4. The van der Waals surface area contributed by atoms with Gasteiger partial charge in [0.2, 0.25) is 6.08 Å². The van der Waals surface area contributed by atoms with Crippen molar-refractivity contribution >= 4 is 64.7 Å². The van der Waals surface area contributed by atoms with Crippen LogP contribution in [0.5, 0.6) is 5.75 Å². The number of amides is 6. The number of carboxylic acids is 1. The van der Waals surface area contributed by atoms with Gasteiger partial charge >= 0.3 is 30.2 Å². The molecular weight excluding hydrogens is 728 g/mol. The summed E-state index contributed by atoms with van der Waals surface area (Å²) < 4.78 is 14.9. The Labute approximate surface area is 318 Å². The largest absolute Gasteiger partial charge is 0.481 e. The van der Waals surface area contributed by atoms with E-state index in [1.54, 1.807) is 79.1 Å². The molecule has 5 rings (SSSR count). The highest BCUT2D eigenvalue weighted by atomic mass is 16.6. The van der Waals surface area contributed by atoms with Crippen LogP contribution in [0.4, 0.5) is 47.6 Å². The Balaban J connectivity index is 1.04. The summed E-state index contributed by atoms with van der Waals surface area (Å²) in [6.07, 6.45) is 2.12. The quantitative estimate of drug-likeness (QED) is 0.0309. The Hall–Kier alpha value is -7.90. The van der Waals surface area contributed by atoms with Crippen LogP contribution in [0.1, 0.15) is 29.9 Å². The van der Waals surface area contributed by atoms with Crippen LogP contribution in [0.25, 0.3) is 11.1 Å². The van der Waals surface area contributed by atoms with Crippen molar-refractivity contribution in [2.45, 2.75) is 18.8 Å². The van der Waals surface area contributed by atoms with Gasteiger partial charge in [0.1, 0.15) is 11.7 Å². The number of nitriles is 1. The van der Waals surface area contributed by atoms with Gasteiger partial charge in [0.15, 0.2) is 0 Å². The molecule has 4 aromatic carbocycles. The lowest BCUT2D eigenvalue weighted by Crippen LogP contribution is -2.30. The molecule has 0 bridgehead atoms. The number of benzene rings is 4. The van der Waals surface area contributed by atoms with E-state index in [1.807, 2.05) is 0 Å². The van der Waals surface area contributed by atoms with Crippen molar-refractivity contribution in [3.05, 3.63) is 96.1 Å². The van der Waals surface area contributed by atoms with Gasteiger partial charge in [0.05, 0.1) is 18.9 Å². The minimum Gasteiger partial charge on any atom is -0.481 e. The Morgan fingerprint density at radius 2 is 1.20 bits per heavy atom. The molecule has 0 fully saturated rings. The average Bonchev–Trinajstić information content (AvgIpc) is 3.48. The van der Waals surface area contributed by atoms with Crippen LogP contribution in [0.15, 0.2) is 89.9 Å². The molecule has 0 aliphatic heterocycles. The number of aliphatic imine (C=N–C) groups is 1. The molecule has 6 amide bonds. The van der Waals surface area contributed by atoms with Crippen LogP contribution in [-0.4, -0.2) is 67.7 Å². The third-order valence-corrected chi connectivity index (χ3v) is 7.97. The van der Waals surface area contributed by atoms with Gasteiger partial charge in [-0.25, -0.2) is 24.0 Å². The molecule has 56 heavy (non-hydrogen) atoms. The second-order valence-corrected chi connectivity index (χ2v) is 11.8. The number of aliphatic carboxylic acids is 1. The first-order valence-electron chi connectivity index (χ1n) is 17.0. The predicted octanol–water partition coefficient (Wildman–Crippen LogP) is 6.23. The first-order chi connectivity index (χ1) is 27.1. The average molecular weight is 763 g/mol. The second-order valence-electron chi connectivity index (χ2n) is 11.8. The third-order valence-electron chi connectivity index (χ3n) is 7.97. The molecule has 4 aromatic rings. The summed E-state index contributed by atoms with van der Waals surface area (Å²) in [5, 5.41) is 34.5. The third kappa shape index (κ3) is 11.1. The van der Waals surface area contributed by atoms with Crippen molar-refractivity contribution in [3.8, 4) is 23.1 Å². The maximum atomic E-state index is 12.6. The lowest BCUT2D eigenvalue weighted by molar-refractivity contribution is -0.137. The number of hydrogen-bond acceptors (Lipinski definition) is 11. The summed E-state index contributed by atoms with van der Waals surface area (Å²) in [6.45, 7) is 0.348. The van der Waals surface area contributed by atoms with Gasteiger partial charge in [-0.3, -0.25) is 15.4 Å². The van der Waals surface area contributed by atoms with Gasteiger partial charge in [-0.15, -0.1) is 5.26 Å². The fourth-order valence-corrected chi connectivity index (χ4v) is 5.62. The molecule has 286 valence electrons. The lowest BCUT2D eigenvalue weighted by atomic mass is 9.96. The normalized spacial score (nSPS) is 11.9. The van der Waals surface area contributed by atoms with E-state index in [0.29, 0.717) is 63.5 Å². The number of fused-ring (bicyclic) bond motifs is 3. The van der Waals surface area contributed by atoms with E-state index in [2.05, 4.69) is 36.9 Å². The number of carbonyl (C=O) groups is 5. The number of nitrogens with zero attached hydrogens (tertiary/aromatic N) is 2. The molecule has 18 heteroatoms. The van der Waals surface area contributed by atoms with Crippen LogP contribution >= 0.6 is 0 Å². The highest BCUT2D eigenvalue weighted by Crippen LogP contribution is 2.46. The fourth-order valence-electron chi connectivity index (χ4n) is 5.62. The highest BCUT2D eigenvalue weighted by Gasteiger charge is 2.34. The minimum absolute atomic E-state index is 0.00317. The molecular formula is C38H34N8O10. The van der Waals surface area contributed by atoms with Gasteiger partial charge in [-0.1, -0.05) is 24.3 Å². The molecule has 0 saturated heterocycles. The number of urea groups is 2. The molecule has 1 aliphatic carbocycles. The van der Waals surface area contributed by atoms with E-state index in [0.717, 1.165) is 0 Å². The zero-order valence-electron chi connectivity index (χ0n) is 29.4. The van der Waals surface area contributed by atoms with E-state index >= 15 is 0 Å². The topological polar surface area (TPSA) is 259 Å². The van der Waals surface area contributed by atoms with Crippen LogP contribution in [0.3, 0.4) is 0 Å². The Bertz CT molecular complexity index is 2220. The van der Waals surface area contributed by atoms with Crippen molar-refractivity contribution in [3.63, 3.8) is 0 Å². The van der Waals surface area contributed by atoms with Crippen LogP contribution in [-0.2, 0) is 19.1 Å². The van der Waals surface area contributed by atoms with Crippen molar-refractivity contribution in [2.75, 3.05) is 47.6 Å². The van der Waals surface area contributed by atoms with Crippen molar-refractivity contribution < 1.29 is 48.1 Å². The van der Waals surface area contributed by atoms with E-state index in [4.69, 9.17) is 19.5 Å². The summed E-state index contributed by atoms with van der Waals surface area (Å²) in [5.74, 6) is -1.93. The maximum Gasteiger partial charge on any atom is 0.411 e. The zero-order valence-corrected chi connectivity index (χ0v) is 29.4. The monoisotopic (exact) mass is 762 g/mol. The standard InChI is InChI=1S/C38H34N8O10/c39-21-56-28-8-2-7-25(18-28)46-38(53)55-16-4-14-41-36(51)44-27-10-12-30-29-11-9-26(19-31(29)33(34(48)49)32(30)20-27)43-35(50)40-13-3-15-54-37(52)45-24-6-1-5-23(17-24)42-22-47/h1-2,5-12,17-20,33H,3-4,13-16H2,(H,45,52)(H,46,53)(H,48,49)(H2,40,43,50)(H2,41,44,51). The van der Waals surface area contributed by atoms with Crippen molar-refractivity contribution in [1.82, 2.24) is 10.6 Å². The number of carbonyl (C=O) groups excluding carboxylic acids is 5. The SMILES string of the molecule is N#COc1cccc(NC(=O)OCCCNC(=O)Nc2ccc3c(c2)C(C(=O)O)c2cc(NC(=O)NCCCOC(=O)Nc4cccc(N=C=O)c4)ccc2-3)c1. The highest BCUT2D eigenvalue weighted by molar-refractivity contribution is 5.97. The molecule has 1 aliphatic rings. The minimum atomic E-state index is -1.12. The molecule has 0 saturated carbocycles. The molecule has 1 unspecified atom stereocenters. The Kier molecular flexibility index (Phi) is 13.5. The van der Waals surface area contributed by atoms with Gasteiger partial charge in [-0.05, 0) is 89.7 Å². The maximum absolute atomic E-state index is 12.6. The van der Waals surface area contributed by atoms with Crippen LogP contribution in [0.2, 0.25) is 0 Å². The number of rotatable bonds is 15. The number of carboxylic acid groups (broad SMARTS) is 1. The summed E-state index contributed by atoms with van der Waals surface area (Å²) in [6, 6.07) is 21.2. The molecule has 7 N–H and O–H groups in total. The molecule has 0 aromatic heterocycles. The predicted molar refractivity (Wildman–Crippen MR) is 201 cm³/mol. The summed E-state index contributed by atoms with van der Waals surface area (Å²) in [4.78, 5) is 75.6. The van der Waals surface area contributed by atoms with E-state index in [9.17, 15) is 33.9 Å². The zero-order chi connectivity index (χ0) is 39.9. The van der Waals surface area contributed by atoms with E-state index in [1.165, 1.54) is 18.2 Å².